The Morgan fingerprint density at radius 3 is 2.65 bits per heavy atom. The standard InChI is InChI=1S/C19H12N4O3/c20-17-16(18-12-5-1-2-6-13(12)22-10-23-18)14(24)8-15(19(17)25)26-11-4-3-7-21-9-11/h1-10H,20H2. The zero-order chi connectivity index (χ0) is 18.1. The van der Waals surface area contributed by atoms with Gasteiger partial charge in [0, 0.05) is 17.7 Å². The van der Waals surface area contributed by atoms with E-state index in [1.165, 1.54) is 12.5 Å². The van der Waals surface area contributed by atoms with E-state index in [2.05, 4.69) is 15.0 Å². The van der Waals surface area contributed by atoms with E-state index < -0.39 is 11.6 Å². The van der Waals surface area contributed by atoms with Gasteiger partial charge in [-0.3, -0.25) is 14.6 Å². The number of carbonyl (C=O) groups is 2. The van der Waals surface area contributed by atoms with E-state index in [0.29, 0.717) is 22.3 Å². The van der Waals surface area contributed by atoms with Gasteiger partial charge in [-0.05, 0) is 18.2 Å². The maximum Gasteiger partial charge on any atom is 0.244 e. The number of hydrogen-bond acceptors (Lipinski definition) is 7. The minimum Gasteiger partial charge on any atom is -0.451 e. The van der Waals surface area contributed by atoms with Crippen LogP contribution in [0.1, 0.15) is 5.69 Å². The Morgan fingerprint density at radius 1 is 1.00 bits per heavy atom. The predicted molar refractivity (Wildman–Crippen MR) is 93.6 cm³/mol. The van der Waals surface area contributed by atoms with Crippen LogP contribution in [0.3, 0.4) is 0 Å². The molecular formula is C19H12N4O3. The van der Waals surface area contributed by atoms with Gasteiger partial charge in [0.05, 0.1) is 28.7 Å². The van der Waals surface area contributed by atoms with Crippen molar-refractivity contribution in [2.75, 3.05) is 0 Å². The number of nitrogens with two attached hydrogens (primary N) is 1. The first-order valence-corrected chi connectivity index (χ1v) is 7.73. The van der Waals surface area contributed by atoms with Gasteiger partial charge in [0.2, 0.25) is 5.78 Å². The van der Waals surface area contributed by atoms with E-state index in [-0.39, 0.29) is 17.0 Å². The van der Waals surface area contributed by atoms with E-state index in [0.717, 1.165) is 6.08 Å². The highest BCUT2D eigenvalue weighted by atomic mass is 16.5. The molecule has 0 saturated heterocycles. The second-order valence-electron chi connectivity index (χ2n) is 5.52. The van der Waals surface area contributed by atoms with Gasteiger partial charge in [-0.2, -0.15) is 0 Å². The van der Waals surface area contributed by atoms with Gasteiger partial charge in [0.1, 0.15) is 12.1 Å². The van der Waals surface area contributed by atoms with Crippen molar-refractivity contribution in [3.63, 3.8) is 0 Å². The lowest BCUT2D eigenvalue weighted by atomic mass is 9.94. The van der Waals surface area contributed by atoms with Crippen LogP contribution in [0.4, 0.5) is 0 Å². The number of fused-ring (bicyclic) bond motifs is 1. The third-order valence-corrected chi connectivity index (χ3v) is 3.89. The summed E-state index contributed by atoms with van der Waals surface area (Å²) in [4.78, 5) is 37.5. The van der Waals surface area contributed by atoms with Crippen molar-refractivity contribution in [2.45, 2.75) is 0 Å². The molecule has 0 radical (unpaired) electrons. The van der Waals surface area contributed by atoms with E-state index in [4.69, 9.17) is 10.5 Å². The summed E-state index contributed by atoms with van der Waals surface area (Å²) in [5.41, 5.74) is 6.81. The Kier molecular flexibility index (Phi) is 3.74. The molecule has 0 atom stereocenters. The summed E-state index contributed by atoms with van der Waals surface area (Å²) >= 11 is 0. The molecule has 1 aliphatic carbocycles. The van der Waals surface area contributed by atoms with Crippen molar-refractivity contribution < 1.29 is 14.3 Å². The number of pyridine rings is 1. The number of allylic oxidation sites excluding steroid dienone is 2. The summed E-state index contributed by atoms with van der Waals surface area (Å²) in [6.07, 6.45) is 5.46. The van der Waals surface area contributed by atoms with Crippen molar-refractivity contribution >= 4 is 28.0 Å². The minimum absolute atomic E-state index is 0.0483. The smallest absolute Gasteiger partial charge is 0.244 e. The van der Waals surface area contributed by atoms with E-state index in [1.807, 2.05) is 6.07 Å². The second kappa shape index (κ2) is 6.21. The Bertz CT molecular complexity index is 1100. The molecular weight excluding hydrogens is 332 g/mol. The van der Waals surface area contributed by atoms with Crippen LogP contribution in [0, 0.1) is 0 Å². The number of nitrogens with zero attached hydrogens (tertiary/aromatic N) is 3. The minimum atomic E-state index is -0.578. The summed E-state index contributed by atoms with van der Waals surface area (Å²) in [7, 11) is 0. The molecule has 26 heavy (non-hydrogen) atoms. The molecule has 1 aliphatic rings. The molecule has 1 aromatic carbocycles. The Hall–Kier alpha value is -3.87. The molecule has 7 nitrogen and oxygen atoms in total. The zero-order valence-corrected chi connectivity index (χ0v) is 13.4. The van der Waals surface area contributed by atoms with E-state index in [9.17, 15) is 9.59 Å². The lowest BCUT2D eigenvalue weighted by molar-refractivity contribution is -0.116. The molecule has 0 saturated carbocycles. The first-order valence-electron chi connectivity index (χ1n) is 7.73. The van der Waals surface area contributed by atoms with Crippen LogP contribution in [0.25, 0.3) is 16.5 Å². The Labute approximate surface area is 147 Å². The van der Waals surface area contributed by atoms with Crippen LogP contribution >= 0.6 is 0 Å². The third kappa shape index (κ3) is 2.61. The number of ether oxygens (including phenoxy) is 1. The van der Waals surface area contributed by atoms with E-state index in [1.54, 1.807) is 36.5 Å². The largest absolute Gasteiger partial charge is 0.451 e. The second-order valence-corrected chi connectivity index (χ2v) is 5.52. The average Bonchev–Trinajstić information content (AvgIpc) is 2.67. The number of Topliss-reactive ketones (excluding diaryl/α,β-unsaturated/α-hetero) is 1. The predicted octanol–water partition coefficient (Wildman–Crippen LogP) is 1.81. The zero-order valence-electron chi connectivity index (χ0n) is 13.4. The summed E-state index contributed by atoms with van der Waals surface area (Å²) < 4.78 is 5.46. The molecule has 7 heteroatoms. The van der Waals surface area contributed by atoms with Gasteiger partial charge >= 0.3 is 0 Å². The first kappa shape index (κ1) is 15.6. The van der Waals surface area contributed by atoms with Gasteiger partial charge < -0.3 is 10.5 Å². The monoisotopic (exact) mass is 344 g/mol. The number of aromatic nitrogens is 3. The fourth-order valence-corrected chi connectivity index (χ4v) is 2.69. The topological polar surface area (TPSA) is 108 Å². The molecule has 4 rings (SSSR count). The summed E-state index contributed by atoms with van der Waals surface area (Å²) in [6.45, 7) is 0. The number of carbonyl (C=O) groups excluding carboxylic acids is 2. The lowest BCUT2D eigenvalue weighted by Gasteiger charge is -2.17. The normalized spacial score (nSPS) is 14.5. The van der Waals surface area contributed by atoms with Crippen LogP contribution < -0.4 is 10.5 Å². The molecule has 2 aromatic heterocycles. The van der Waals surface area contributed by atoms with Crippen LogP contribution in [-0.4, -0.2) is 26.5 Å². The Morgan fingerprint density at radius 2 is 1.85 bits per heavy atom. The number of para-hydroxylation sites is 1. The molecule has 0 spiro atoms. The lowest BCUT2D eigenvalue weighted by Crippen LogP contribution is -2.26. The molecule has 3 aromatic rings. The van der Waals surface area contributed by atoms with Crippen LogP contribution in [-0.2, 0) is 9.59 Å². The van der Waals surface area contributed by atoms with Crippen molar-refractivity contribution in [1.82, 2.24) is 15.0 Å². The summed E-state index contributed by atoms with van der Waals surface area (Å²) in [5.74, 6) is -0.845. The first-order chi connectivity index (χ1) is 12.6. The highest BCUT2D eigenvalue weighted by Crippen LogP contribution is 2.29. The quantitative estimate of drug-likeness (QED) is 0.722. The number of ketones is 2. The van der Waals surface area contributed by atoms with Gasteiger partial charge in [0.15, 0.2) is 11.5 Å². The molecule has 126 valence electrons. The van der Waals surface area contributed by atoms with Crippen LogP contribution in [0.15, 0.2) is 72.7 Å². The third-order valence-electron chi connectivity index (χ3n) is 3.89. The van der Waals surface area contributed by atoms with Gasteiger partial charge in [-0.25, -0.2) is 9.97 Å². The van der Waals surface area contributed by atoms with Crippen molar-refractivity contribution in [3.05, 3.63) is 78.3 Å². The van der Waals surface area contributed by atoms with Crippen molar-refractivity contribution in [3.8, 4) is 5.75 Å². The molecule has 0 aliphatic heterocycles. The SMILES string of the molecule is NC1=C(c2ncnc3ccccc23)C(=O)C=C(Oc2cccnc2)C1=O. The average molecular weight is 344 g/mol. The van der Waals surface area contributed by atoms with E-state index >= 15 is 0 Å². The van der Waals surface area contributed by atoms with Crippen LogP contribution in [0.5, 0.6) is 5.75 Å². The Balaban J connectivity index is 1.77. The summed E-state index contributed by atoms with van der Waals surface area (Å²) in [6, 6.07) is 10.5. The van der Waals surface area contributed by atoms with Gasteiger partial charge in [0.25, 0.3) is 0 Å². The highest BCUT2D eigenvalue weighted by Gasteiger charge is 2.31. The van der Waals surface area contributed by atoms with Gasteiger partial charge in [-0.1, -0.05) is 18.2 Å². The molecule has 0 bridgehead atoms. The molecule has 0 fully saturated rings. The fourth-order valence-electron chi connectivity index (χ4n) is 2.69. The number of hydrogen-bond donors (Lipinski definition) is 1. The number of rotatable bonds is 3. The molecule has 0 amide bonds. The molecule has 2 N–H and O–H groups in total. The molecule has 2 heterocycles. The maximum atomic E-state index is 12.7. The number of benzene rings is 1. The fraction of sp³-hybridized carbons (Fsp3) is 0. The van der Waals surface area contributed by atoms with Crippen molar-refractivity contribution in [2.24, 2.45) is 5.73 Å². The summed E-state index contributed by atoms with van der Waals surface area (Å²) in [5, 5.41) is 0.638. The molecule has 0 unspecified atom stereocenters. The van der Waals surface area contributed by atoms with Crippen LogP contribution in [0.2, 0.25) is 0 Å². The van der Waals surface area contributed by atoms with Gasteiger partial charge in [-0.15, -0.1) is 0 Å². The highest BCUT2D eigenvalue weighted by molar-refractivity contribution is 6.37. The maximum absolute atomic E-state index is 12.7. The van der Waals surface area contributed by atoms with Crippen molar-refractivity contribution in [1.29, 1.82) is 0 Å².